The van der Waals surface area contributed by atoms with E-state index in [1.165, 1.54) is 24.9 Å². The minimum Gasteiger partial charge on any atom is -0.376 e. The molecule has 0 bridgehead atoms. The molecule has 1 N–H and O–H groups in total. The van der Waals surface area contributed by atoms with Crippen molar-refractivity contribution >= 4 is 15.9 Å². The van der Waals surface area contributed by atoms with Gasteiger partial charge in [-0.1, -0.05) is 28.1 Å². The second-order valence-electron chi connectivity index (χ2n) is 4.36. The quantitative estimate of drug-likeness (QED) is 0.917. The lowest BCUT2D eigenvalue weighted by molar-refractivity contribution is 0.0783. The fourth-order valence-electron chi connectivity index (χ4n) is 2.04. The Morgan fingerprint density at radius 3 is 3.12 bits per heavy atom. The van der Waals surface area contributed by atoms with E-state index < -0.39 is 0 Å². The van der Waals surface area contributed by atoms with E-state index in [9.17, 15) is 0 Å². The Morgan fingerprint density at radius 1 is 1.44 bits per heavy atom. The van der Waals surface area contributed by atoms with Gasteiger partial charge >= 0.3 is 0 Å². The standard InChI is InChI=1S/C13H18BrNO/c14-13-5-1-3-11(7-13)9-16-10-12-4-2-6-15-8-12/h1,3,5,7,12,15H,2,4,6,8-10H2/t12-/m1/s1. The molecule has 1 atom stereocenters. The summed E-state index contributed by atoms with van der Waals surface area (Å²) in [5.74, 6) is 0.695. The number of rotatable bonds is 4. The summed E-state index contributed by atoms with van der Waals surface area (Å²) in [6.45, 7) is 3.87. The predicted molar refractivity (Wildman–Crippen MR) is 69.4 cm³/mol. The van der Waals surface area contributed by atoms with Gasteiger partial charge in [-0.15, -0.1) is 0 Å². The van der Waals surface area contributed by atoms with Crippen LogP contribution < -0.4 is 5.32 Å². The average Bonchev–Trinajstić information content (AvgIpc) is 2.30. The minimum atomic E-state index is 0.695. The summed E-state index contributed by atoms with van der Waals surface area (Å²) in [5, 5.41) is 3.41. The van der Waals surface area contributed by atoms with Crippen LogP contribution >= 0.6 is 15.9 Å². The Kier molecular flexibility index (Phi) is 4.82. The third-order valence-electron chi connectivity index (χ3n) is 2.91. The molecule has 1 aliphatic heterocycles. The van der Waals surface area contributed by atoms with Crippen molar-refractivity contribution in [1.29, 1.82) is 0 Å². The molecule has 0 amide bonds. The molecule has 0 aromatic heterocycles. The van der Waals surface area contributed by atoms with Crippen LogP contribution in [0.2, 0.25) is 0 Å². The first-order valence-electron chi connectivity index (χ1n) is 5.87. The van der Waals surface area contributed by atoms with Crippen LogP contribution in [0.1, 0.15) is 18.4 Å². The van der Waals surface area contributed by atoms with E-state index in [1.807, 2.05) is 12.1 Å². The summed E-state index contributed by atoms with van der Waals surface area (Å²) in [4.78, 5) is 0. The molecule has 1 aromatic carbocycles. The number of hydrogen-bond acceptors (Lipinski definition) is 2. The molecule has 3 heteroatoms. The molecule has 0 spiro atoms. The van der Waals surface area contributed by atoms with E-state index in [1.54, 1.807) is 0 Å². The zero-order valence-electron chi connectivity index (χ0n) is 9.42. The molecule has 16 heavy (non-hydrogen) atoms. The van der Waals surface area contributed by atoms with Crippen molar-refractivity contribution in [2.75, 3.05) is 19.7 Å². The fraction of sp³-hybridized carbons (Fsp3) is 0.538. The maximum absolute atomic E-state index is 5.75. The monoisotopic (exact) mass is 283 g/mol. The van der Waals surface area contributed by atoms with Crippen LogP contribution in [0.15, 0.2) is 28.7 Å². The third kappa shape index (κ3) is 3.89. The van der Waals surface area contributed by atoms with Gasteiger partial charge in [-0.05, 0) is 43.0 Å². The van der Waals surface area contributed by atoms with Crippen molar-refractivity contribution in [3.63, 3.8) is 0 Å². The lowest BCUT2D eigenvalue weighted by Gasteiger charge is -2.22. The number of halogens is 1. The SMILES string of the molecule is Brc1cccc(COC[C@@H]2CCCNC2)c1. The maximum atomic E-state index is 5.75. The fourth-order valence-corrected chi connectivity index (χ4v) is 2.48. The van der Waals surface area contributed by atoms with E-state index in [4.69, 9.17) is 4.74 Å². The number of hydrogen-bond donors (Lipinski definition) is 1. The van der Waals surface area contributed by atoms with Crippen LogP contribution in [0.5, 0.6) is 0 Å². The number of ether oxygens (including phenoxy) is 1. The zero-order chi connectivity index (χ0) is 11.2. The Morgan fingerprint density at radius 2 is 2.38 bits per heavy atom. The van der Waals surface area contributed by atoms with E-state index in [0.717, 1.165) is 24.2 Å². The van der Waals surface area contributed by atoms with Crippen molar-refractivity contribution in [3.05, 3.63) is 34.3 Å². The molecule has 0 radical (unpaired) electrons. The van der Waals surface area contributed by atoms with Crippen molar-refractivity contribution in [3.8, 4) is 0 Å². The van der Waals surface area contributed by atoms with E-state index in [2.05, 4.69) is 33.4 Å². The molecule has 1 heterocycles. The Balaban J connectivity index is 1.71. The highest BCUT2D eigenvalue weighted by Gasteiger charge is 2.12. The van der Waals surface area contributed by atoms with Crippen LogP contribution in [0, 0.1) is 5.92 Å². The molecule has 1 fully saturated rings. The number of nitrogens with one attached hydrogen (secondary N) is 1. The molecular weight excluding hydrogens is 266 g/mol. The molecular formula is C13H18BrNO. The highest BCUT2D eigenvalue weighted by molar-refractivity contribution is 9.10. The summed E-state index contributed by atoms with van der Waals surface area (Å²) < 4.78 is 6.87. The molecule has 0 saturated carbocycles. The van der Waals surface area contributed by atoms with Crippen LogP contribution in [-0.4, -0.2) is 19.7 Å². The Hall–Kier alpha value is -0.380. The lowest BCUT2D eigenvalue weighted by atomic mass is 10.0. The van der Waals surface area contributed by atoms with Crippen LogP contribution in [0.4, 0.5) is 0 Å². The minimum absolute atomic E-state index is 0.695. The van der Waals surface area contributed by atoms with Gasteiger partial charge in [0.2, 0.25) is 0 Å². The molecule has 0 unspecified atom stereocenters. The second kappa shape index (κ2) is 6.38. The normalized spacial score (nSPS) is 20.9. The van der Waals surface area contributed by atoms with Gasteiger partial charge in [0.05, 0.1) is 13.2 Å². The van der Waals surface area contributed by atoms with Crippen LogP contribution in [0.3, 0.4) is 0 Å². The number of benzene rings is 1. The largest absolute Gasteiger partial charge is 0.376 e. The summed E-state index contributed by atoms with van der Waals surface area (Å²) >= 11 is 3.47. The molecule has 1 aromatic rings. The average molecular weight is 284 g/mol. The van der Waals surface area contributed by atoms with Gasteiger partial charge in [-0.2, -0.15) is 0 Å². The van der Waals surface area contributed by atoms with Crippen molar-refractivity contribution in [1.82, 2.24) is 5.32 Å². The second-order valence-corrected chi connectivity index (χ2v) is 5.27. The lowest BCUT2D eigenvalue weighted by Crippen LogP contribution is -2.32. The first kappa shape index (κ1) is 12.1. The molecule has 0 aliphatic carbocycles. The molecule has 1 saturated heterocycles. The smallest absolute Gasteiger partial charge is 0.0717 e. The van der Waals surface area contributed by atoms with Crippen molar-refractivity contribution in [2.45, 2.75) is 19.4 Å². The van der Waals surface area contributed by atoms with Gasteiger partial charge in [-0.3, -0.25) is 0 Å². The van der Waals surface area contributed by atoms with E-state index in [0.29, 0.717) is 5.92 Å². The first-order chi connectivity index (χ1) is 7.84. The molecule has 88 valence electrons. The van der Waals surface area contributed by atoms with Crippen LogP contribution in [-0.2, 0) is 11.3 Å². The highest BCUT2D eigenvalue weighted by Crippen LogP contribution is 2.14. The maximum Gasteiger partial charge on any atom is 0.0717 e. The van der Waals surface area contributed by atoms with Crippen molar-refractivity contribution < 1.29 is 4.74 Å². The van der Waals surface area contributed by atoms with Crippen LogP contribution in [0.25, 0.3) is 0 Å². The highest BCUT2D eigenvalue weighted by atomic mass is 79.9. The van der Waals surface area contributed by atoms with Gasteiger partial charge in [0.1, 0.15) is 0 Å². The van der Waals surface area contributed by atoms with Gasteiger partial charge in [0.15, 0.2) is 0 Å². The van der Waals surface area contributed by atoms with Crippen molar-refractivity contribution in [2.24, 2.45) is 5.92 Å². The topological polar surface area (TPSA) is 21.3 Å². The van der Waals surface area contributed by atoms with Gasteiger partial charge in [0, 0.05) is 11.0 Å². The summed E-state index contributed by atoms with van der Waals surface area (Å²) in [6.07, 6.45) is 2.58. The molecule has 2 rings (SSSR count). The molecule has 1 aliphatic rings. The summed E-state index contributed by atoms with van der Waals surface area (Å²) in [6, 6.07) is 8.29. The Labute approximate surface area is 106 Å². The zero-order valence-corrected chi connectivity index (χ0v) is 11.0. The van der Waals surface area contributed by atoms with Gasteiger partial charge in [0.25, 0.3) is 0 Å². The molecule has 2 nitrogen and oxygen atoms in total. The third-order valence-corrected chi connectivity index (χ3v) is 3.40. The summed E-state index contributed by atoms with van der Waals surface area (Å²) in [7, 11) is 0. The predicted octanol–water partition coefficient (Wildman–Crippen LogP) is 2.97. The first-order valence-corrected chi connectivity index (χ1v) is 6.67. The van der Waals surface area contributed by atoms with E-state index >= 15 is 0 Å². The van der Waals surface area contributed by atoms with Gasteiger partial charge in [-0.25, -0.2) is 0 Å². The Bertz CT molecular complexity index is 323. The number of piperidine rings is 1. The summed E-state index contributed by atoms with van der Waals surface area (Å²) in [5.41, 5.74) is 1.23. The van der Waals surface area contributed by atoms with E-state index in [-0.39, 0.29) is 0 Å². The van der Waals surface area contributed by atoms with Gasteiger partial charge < -0.3 is 10.1 Å².